The van der Waals surface area contributed by atoms with Gasteiger partial charge >= 0.3 is 0 Å². The van der Waals surface area contributed by atoms with Crippen LogP contribution in [0, 0.1) is 28.5 Å². The standard InChI is InChI=1S/C9H5FN2O/c10-8-2-1-6(9(13)5-12)3-7(8)4-11/h1-3,9,13H. The molecule has 1 aromatic carbocycles. The highest BCUT2D eigenvalue weighted by Gasteiger charge is 2.08. The zero-order valence-corrected chi connectivity index (χ0v) is 6.53. The second-order valence-corrected chi connectivity index (χ2v) is 2.38. The van der Waals surface area contributed by atoms with Crippen LogP contribution in [0.15, 0.2) is 18.2 Å². The summed E-state index contributed by atoms with van der Waals surface area (Å²) in [5.41, 5.74) is 0.0484. The molecule has 1 N–H and O–H groups in total. The third-order valence-corrected chi connectivity index (χ3v) is 1.55. The molecule has 0 fully saturated rings. The highest BCUT2D eigenvalue weighted by Crippen LogP contribution is 2.15. The van der Waals surface area contributed by atoms with Crippen molar-refractivity contribution >= 4 is 0 Å². The van der Waals surface area contributed by atoms with Crippen molar-refractivity contribution in [2.45, 2.75) is 6.10 Å². The van der Waals surface area contributed by atoms with Crippen molar-refractivity contribution in [1.82, 2.24) is 0 Å². The Balaban J connectivity index is 3.17. The third-order valence-electron chi connectivity index (χ3n) is 1.55. The fourth-order valence-corrected chi connectivity index (χ4v) is 0.873. The van der Waals surface area contributed by atoms with Gasteiger partial charge in [0.2, 0.25) is 0 Å². The molecule has 0 heterocycles. The van der Waals surface area contributed by atoms with E-state index in [2.05, 4.69) is 0 Å². The molecule has 0 aliphatic rings. The van der Waals surface area contributed by atoms with Crippen LogP contribution in [0.4, 0.5) is 4.39 Å². The molecule has 1 unspecified atom stereocenters. The maximum absolute atomic E-state index is 12.8. The zero-order valence-electron chi connectivity index (χ0n) is 6.53. The SMILES string of the molecule is N#Cc1cc(C(O)C#N)ccc1F. The molecular formula is C9H5FN2O. The number of nitriles is 2. The van der Waals surface area contributed by atoms with E-state index in [0.29, 0.717) is 0 Å². The molecule has 64 valence electrons. The topological polar surface area (TPSA) is 67.8 Å². The molecule has 13 heavy (non-hydrogen) atoms. The lowest BCUT2D eigenvalue weighted by molar-refractivity contribution is 0.236. The van der Waals surface area contributed by atoms with Gasteiger partial charge < -0.3 is 5.11 Å². The van der Waals surface area contributed by atoms with Gasteiger partial charge in [-0.1, -0.05) is 6.07 Å². The van der Waals surface area contributed by atoms with Gasteiger partial charge in [0.15, 0.2) is 6.10 Å². The van der Waals surface area contributed by atoms with Crippen LogP contribution < -0.4 is 0 Å². The molecule has 0 saturated carbocycles. The summed E-state index contributed by atoms with van der Waals surface area (Å²) in [6, 6.07) is 6.67. The van der Waals surface area contributed by atoms with E-state index >= 15 is 0 Å². The summed E-state index contributed by atoms with van der Waals surface area (Å²) in [7, 11) is 0. The number of aliphatic hydroxyl groups is 1. The van der Waals surface area contributed by atoms with E-state index in [1.54, 1.807) is 12.1 Å². The first kappa shape index (κ1) is 9.18. The first-order valence-electron chi connectivity index (χ1n) is 3.46. The largest absolute Gasteiger partial charge is 0.374 e. The van der Waals surface area contributed by atoms with Crippen LogP contribution in [0.3, 0.4) is 0 Å². The van der Waals surface area contributed by atoms with E-state index < -0.39 is 11.9 Å². The highest BCUT2D eigenvalue weighted by atomic mass is 19.1. The van der Waals surface area contributed by atoms with Gasteiger partial charge in [-0.25, -0.2) is 4.39 Å². The monoisotopic (exact) mass is 176 g/mol. The average Bonchev–Trinajstić information content (AvgIpc) is 2.17. The number of nitrogens with zero attached hydrogens (tertiary/aromatic N) is 2. The maximum atomic E-state index is 12.8. The van der Waals surface area contributed by atoms with Crippen LogP contribution in [0.2, 0.25) is 0 Å². The molecule has 4 heteroatoms. The number of rotatable bonds is 1. The smallest absolute Gasteiger partial charge is 0.165 e. The highest BCUT2D eigenvalue weighted by molar-refractivity contribution is 5.36. The van der Waals surface area contributed by atoms with Gasteiger partial charge in [-0.2, -0.15) is 10.5 Å². The van der Waals surface area contributed by atoms with Crippen molar-refractivity contribution < 1.29 is 9.50 Å². The Morgan fingerprint density at radius 3 is 2.62 bits per heavy atom. The Hall–Kier alpha value is -1.91. The molecule has 1 aromatic rings. The van der Waals surface area contributed by atoms with E-state index in [4.69, 9.17) is 15.6 Å². The van der Waals surface area contributed by atoms with Gasteiger partial charge in [0, 0.05) is 0 Å². The van der Waals surface area contributed by atoms with Crippen LogP contribution in [0.25, 0.3) is 0 Å². The molecule has 0 spiro atoms. The molecule has 0 saturated heterocycles. The predicted molar refractivity (Wildman–Crippen MR) is 41.7 cm³/mol. The second-order valence-electron chi connectivity index (χ2n) is 2.38. The molecule has 0 amide bonds. The van der Waals surface area contributed by atoms with Crippen LogP contribution in [0.1, 0.15) is 17.2 Å². The summed E-state index contributed by atoms with van der Waals surface area (Å²) in [6.45, 7) is 0. The Morgan fingerprint density at radius 2 is 2.08 bits per heavy atom. The summed E-state index contributed by atoms with van der Waals surface area (Å²) >= 11 is 0. The fraction of sp³-hybridized carbons (Fsp3) is 0.111. The summed E-state index contributed by atoms with van der Waals surface area (Å²) in [5, 5.41) is 25.8. The van der Waals surface area contributed by atoms with Crippen LogP contribution in [0.5, 0.6) is 0 Å². The van der Waals surface area contributed by atoms with Crippen molar-refractivity contribution in [2.24, 2.45) is 0 Å². The average molecular weight is 176 g/mol. The lowest BCUT2D eigenvalue weighted by Crippen LogP contribution is -1.95. The van der Waals surface area contributed by atoms with E-state index in [1.807, 2.05) is 0 Å². The van der Waals surface area contributed by atoms with Crippen molar-refractivity contribution in [1.29, 1.82) is 10.5 Å². The summed E-state index contributed by atoms with van der Waals surface area (Å²) in [4.78, 5) is 0. The molecule has 0 bridgehead atoms. The molecule has 0 radical (unpaired) electrons. The van der Waals surface area contributed by atoms with E-state index in [-0.39, 0.29) is 11.1 Å². The Labute approximate surface area is 74.3 Å². The molecule has 0 aliphatic heterocycles. The first-order chi connectivity index (χ1) is 6.19. The van der Waals surface area contributed by atoms with Crippen LogP contribution >= 0.6 is 0 Å². The Bertz CT molecular complexity index is 403. The van der Waals surface area contributed by atoms with E-state index in [0.717, 1.165) is 12.1 Å². The third kappa shape index (κ3) is 1.81. The lowest BCUT2D eigenvalue weighted by atomic mass is 10.1. The Morgan fingerprint density at radius 1 is 1.38 bits per heavy atom. The minimum Gasteiger partial charge on any atom is -0.374 e. The lowest BCUT2D eigenvalue weighted by Gasteiger charge is -2.01. The molecule has 1 rings (SSSR count). The van der Waals surface area contributed by atoms with Crippen molar-refractivity contribution in [2.75, 3.05) is 0 Å². The van der Waals surface area contributed by atoms with Crippen LogP contribution in [-0.4, -0.2) is 5.11 Å². The zero-order chi connectivity index (χ0) is 9.84. The number of benzene rings is 1. The van der Waals surface area contributed by atoms with Gasteiger partial charge in [-0.15, -0.1) is 0 Å². The number of halogens is 1. The van der Waals surface area contributed by atoms with Gasteiger partial charge in [0.25, 0.3) is 0 Å². The van der Waals surface area contributed by atoms with Gasteiger partial charge in [0.1, 0.15) is 11.9 Å². The summed E-state index contributed by atoms with van der Waals surface area (Å²) in [6.07, 6.45) is -1.31. The van der Waals surface area contributed by atoms with Crippen molar-refractivity contribution in [3.05, 3.63) is 35.1 Å². The molecule has 1 atom stereocenters. The normalized spacial score (nSPS) is 11.4. The summed E-state index contributed by atoms with van der Waals surface area (Å²) in [5.74, 6) is -0.656. The minimum absolute atomic E-state index is 0.174. The number of aliphatic hydroxyl groups excluding tert-OH is 1. The minimum atomic E-state index is -1.31. The van der Waals surface area contributed by atoms with Gasteiger partial charge in [-0.05, 0) is 17.7 Å². The molecule has 3 nitrogen and oxygen atoms in total. The maximum Gasteiger partial charge on any atom is 0.165 e. The molecule has 0 aromatic heterocycles. The van der Waals surface area contributed by atoms with E-state index in [9.17, 15) is 4.39 Å². The number of hydrogen-bond donors (Lipinski definition) is 1. The van der Waals surface area contributed by atoms with Gasteiger partial charge in [-0.3, -0.25) is 0 Å². The second kappa shape index (κ2) is 3.66. The summed E-state index contributed by atoms with van der Waals surface area (Å²) < 4.78 is 12.8. The van der Waals surface area contributed by atoms with Crippen LogP contribution in [-0.2, 0) is 0 Å². The molecule has 0 aliphatic carbocycles. The van der Waals surface area contributed by atoms with Crippen molar-refractivity contribution in [3.8, 4) is 12.1 Å². The molecular weight excluding hydrogens is 171 g/mol. The predicted octanol–water partition coefficient (Wildman–Crippen LogP) is 1.25. The van der Waals surface area contributed by atoms with Crippen molar-refractivity contribution in [3.63, 3.8) is 0 Å². The number of hydrogen-bond acceptors (Lipinski definition) is 3. The quantitative estimate of drug-likeness (QED) is 0.655. The van der Waals surface area contributed by atoms with E-state index in [1.165, 1.54) is 6.07 Å². The Kier molecular flexibility index (Phi) is 2.59. The first-order valence-corrected chi connectivity index (χ1v) is 3.46. The van der Waals surface area contributed by atoms with Gasteiger partial charge in [0.05, 0.1) is 11.6 Å². The fourth-order valence-electron chi connectivity index (χ4n) is 0.873.